The number of nitrogens with zero attached hydrogens (tertiary/aromatic N) is 2. The first-order valence-corrected chi connectivity index (χ1v) is 14.2. The van der Waals surface area contributed by atoms with Crippen LogP contribution >= 0.6 is 11.3 Å². The van der Waals surface area contributed by atoms with E-state index in [0.29, 0.717) is 50.9 Å². The van der Waals surface area contributed by atoms with Gasteiger partial charge in [0.05, 0.1) is 36.5 Å². The van der Waals surface area contributed by atoms with Gasteiger partial charge in [-0.25, -0.2) is 14.2 Å². The lowest BCUT2D eigenvalue weighted by atomic mass is 9.97. The van der Waals surface area contributed by atoms with Crippen molar-refractivity contribution in [2.24, 2.45) is 4.99 Å². The zero-order valence-corrected chi connectivity index (χ0v) is 24.2. The molecule has 1 aliphatic heterocycles. The Morgan fingerprint density at radius 3 is 2.45 bits per heavy atom. The molecule has 0 amide bonds. The monoisotopic (exact) mass is 588 g/mol. The molecule has 3 aromatic carbocycles. The molecule has 1 aliphatic rings. The van der Waals surface area contributed by atoms with Crippen LogP contribution in [-0.4, -0.2) is 30.9 Å². The minimum atomic E-state index is -0.796. The van der Waals surface area contributed by atoms with Crippen LogP contribution in [0.3, 0.4) is 0 Å². The maximum Gasteiger partial charge on any atom is 0.337 e. The summed E-state index contributed by atoms with van der Waals surface area (Å²) >= 11 is 1.21. The zero-order valence-electron chi connectivity index (χ0n) is 23.3. The Labute approximate surface area is 245 Å². The van der Waals surface area contributed by atoms with Crippen molar-refractivity contribution >= 4 is 23.4 Å². The number of hydrogen-bond donors (Lipinski definition) is 0. The van der Waals surface area contributed by atoms with E-state index in [4.69, 9.17) is 18.9 Å². The third-order valence-electron chi connectivity index (χ3n) is 6.52. The van der Waals surface area contributed by atoms with Gasteiger partial charge in [-0.3, -0.25) is 9.36 Å². The van der Waals surface area contributed by atoms with Gasteiger partial charge in [0, 0.05) is 11.8 Å². The number of carbonyl (C=O) groups is 1. The van der Waals surface area contributed by atoms with Gasteiger partial charge < -0.3 is 18.9 Å². The number of thiazole rings is 1. The SMILES string of the molecule is CCOc1ccc([C@@H]2C(C(=O)OC)=CN=c3s/c(=C\c4ccccc4OCc4ccc(F)cc4)c(=O)n32)cc1OCC. The van der Waals surface area contributed by atoms with Crippen molar-refractivity contribution in [2.75, 3.05) is 20.3 Å². The predicted octanol–water partition coefficient (Wildman–Crippen LogP) is 4.53. The van der Waals surface area contributed by atoms with E-state index in [1.165, 1.54) is 41.3 Å². The minimum Gasteiger partial charge on any atom is -0.490 e. The molecule has 1 aromatic heterocycles. The molecule has 0 radical (unpaired) electrons. The van der Waals surface area contributed by atoms with Crippen LogP contribution < -0.4 is 29.1 Å². The molecule has 0 saturated carbocycles. The Morgan fingerprint density at radius 2 is 1.71 bits per heavy atom. The average molecular weight is 589 g/mol. The van der Waals surface area contributed by atoms with Gasteiger partial charge in [0.1, 0.15) is 18.2 Å². The molecule has 0 saturated heterocycles. The van der Waals surface area contributed by atoms with E-state index in [1.54, 1.807) is 42.5 Å². The van der Waals surface area contributed by atoms with Gasteiger partial charge >= 0.3 is 5.97 Å². The Hall–Kier alpha value is -4.70. The lowest BCUT2D eigenvalue weighted by Crippen LogP contribution is -2.39. The highest BCUT2D eigenvalue weighted by molar-refractivity contribution is 7.07. The van der Waals surface area contributed by atoms with E-state index in [9.17, 15) is 14.0 Å². The summed E-state index contributed by atoms with van der Waals surface area (Å²) < 4.78 is 37.8. The van der Waals surface area contributed by atoms with Gasteiger partial charge in [-0.1, -0.05) is 47.7 Å². The fourth-order valence-corrected chi connectivity index (χ4v) is 5.56. The molecule has 2 heterocycles. The van der Waals surface area contributed by atoms with Gasteiger partial charge in [-0.15, -0.1) is 0 Å². The molecule has 0 fully saturated rings. The van der Waals surface area contributed by atoms with E-state index in [0.717, 1.165) is 5.56 Å². The van der Waals surface area contributed by atoms with Crippen LogP contribution in [0.4, 0.5) is 4.39 Å². The summed E-state index contributed by atoms with van der Waals surface area (Å²) in [5.41, 5.74) is 2.03. The predicted molar refractivity (Wildman–Crippen MR) is 157 cm³/mol. The van der Waals surface area contributed by atoms with Crippen LogP contribution in [0.1, 0.15) is 36.6 Å². The smallest absolute Gasteiger partial charge is 0.337 e. The summed E-state index contributed by atoms with van der Waals surface area (Å²) in [6.07, 6.45) is 3.19. The van der Waals surface area contributed by atoms with Crippen LogP contribution in [-0.2, 0) is 16.1 Å². The van der Waals surface area contributed by atoms with Crippen molar-refractivity contribution < 1.29 is 28.1 Å². The lowest BCUT2D eigenvalue weighted by molar-refractivity contribution is -0.136. The number of para-hydroxylation sites is 1. The molecule has 0 unspecified atom stereocenters. The number of benzene rings is 3. The third-order valence-corrected chi connectivity index (χ3v) is 7.52. The van der Waals surface area contributed by atoms with Crippen LogP contribution in [0.5, 0.6) is 17.2 Å². The van der Waals surface area contributed by atoms with Gasteiger partial charge in [-0.2, -0.15) is 0 Å². The summed E-state index contributed by atoms with van der Waals surface area (Å²) in [5.74, 6) is 0.725. The average Bonchev–Trinajstić information content (AvgIpc) is 3.32. The van der Waals surface area contributed by atoms with E-state index < -0.39 is 12.0 Å². The third kappa shape index (κ3) is 5.99. The van der Waals surface area contributed by atoms with E-state index in [-0.39, 0.29) is 23.6 Å². The minimum absolute atomic E-state index is 0.214. The second-order valence-corrected chi connectivity index (χ2v) is 10.2. The van der Waals surface area contributed by atoms with Gasteiger partial charge in [0.2, 0.25) is 0 Å². The second kappa shape index (κ2) is 12.9. The maximum atomic E-state index is 13.9. The Kier molecular flexibility index (Phi) is 8.83. The summed E-state index contributed by atoms with van der Waals surface area (Å²) in [5, 5.41) is 0. The number of esters is 1. The topological polar surface area (TPSA) is 88.4 Å². The molecular weight excluding hydrogens is 559 g/mol. The number of carbonyl (C=O) groups excluding carboxylic acids is 1. The maximum absolute atomic E-state index is 13.9. The Morgan fingerprint density at radius 1 is 0.976 bits per heavy atom. The molecule has 0 spiro atoms. The summed E-state index contributed by atoms with van der Waals surface area (Å²) in [6, 6.07) is 18.0. The summed E-state index contributed by atoms with van der Waals surface area (Å²) in [7, 11) is 1.29. The van der Waals surface area contributed by atoms with Gasteiger partial charge in [0.15, 0.2) is 16.3 Å². The first kappa shape index (κ1) is 28.8. The van der Waals surface area contributed by atoms with Crippen molar-refractivity contribution in [3.05, 3.63) is 121 Å². The Balaban J connectivity index is 1.57. The number of hydrogen-bond acceptors (Lipinski definition) is 8. The lowest BCUT2D eigenvalue weighted by Gasteiger charge is -2.23. The highest BCUT2D eigenvalue weighted by Crippen LogP contribution is 2.35. The number of methoxy groups -OCH3 is 1. The quantitative estimate of drug-likeness (QED) is 0.253. The van der Waals surface area contributed by atoms with E-state index in [2.05, 4.69) is 4.99 Å². The summed E-state index contributed by atoms with van der Waals surface area (Å²) in [6.45, 7) is 4.85. The molecule has 8 nitrogen and oxygen atoms in total. The van der Waals surface area contributed by atoms with Crippen LogP contribution in [0, 0.1) is 5.82 Å². The van der Waals surface area contributed by atoms with Crippen molar-refractivity contribution in [3.8, 4) is 17.2 Å². The van der Waals surface area contributed by atoms with Crippen molar-refractivity contribution in [3.63, 3.8) is 0 Å². The zero-order chi connectivity index (χ0) is 29.6. The molecular formula is C32H29FN2O6S. The number of halogens is 1. The van der Waals surface area contributed by atoms with Crippen LogP contribution in [0.15, 0.2) is 88.3 Å². The van der Waals surface area contributed by atoms with Crippen molar-refractivity contribution in [2.45, 2.75) is 26.5 Å². The molecule has 5 rings (SSSR count). The molecule has 10 heteroatoms. The number of aromatic nitrogens is 1. The molecule has 0 N–H and O–H groups in total. The molecule has 1 atom stereocenters. The van der Waals surface area contributed by atoms with E-state index >= 15 is 0 Å². The highest BCUT2D eigenvalue weighted by Gasteiger charge is 2.31. The molecule has 4 aromatic rings. The van der Waals surface area contributed by atoms with Crippen LogP contribution in [0.25, 0.3) is 6.08 Å². The molecule has 216 valence electrons. The van der Waals surface area contributed by atoms with Crippen molar-refractivity contribution in [1.82, 2.24) is 4.57 Å². The fourth-order valence-electron chi connectivity index (χ4n) is 4.60. The summed E-state index contributed by atoms with van der Waals surface area (Å²) in [4.78, 5) is 31.6. The standard InChI is InChI=1S/C32H29FN2O6S/c1-4-39-26-15-12-22(16-27(26)40-5-2)29-24(31(37)38-3)18-34-32-35(29)30(36)28(42-32)17-21-8-6-7-9-25(21)41-19-20-10-13-23(33)14-11-20/h6-18,29H,4-5,19H2,1-3H3/b28-17-/t29-/m1/s1. The first-order valence-electron chi connectivity index (χ1n) is 13.4. The molecule has 42 heavy (non-hydrogen) atoms. The molecule has 0 aliphatic carbocycles. The number of ether oxygens (including phenoxy) is 4. The first-order chi connectivity index (χ1) is 20.4. The largest absolute Gasteiger partial charge is 0.490 e. The van der Waals surface area contributed by atoms with Gasteiger partial charge in [0.25, 0.3) is 5.56 Å². The van der Waals surface area contributed by atoms with Crippen LogP contribution in [0.2, 0.25) is 0 Å². The highest BCUT2D eigenvalue weighted by atomic mass is 32.1. The fraction of sp³-hybridized carbons (Fsp3) is 0.219. The van der Waals surface area contributed by atoms with E-state index in [1.807, 2.05) is 32.0 Å². The number of rotatable bonds is 10. The Bertz CT molecular complexity index is 1810. The van der Waals surface area contributed by atoms with Gasteiger partial charge in [-0.05, 0) is 61.4 Å². The normalized spacial score (nSPS) is 14.4. The number of fused-ring (bicyclic) bond motifs is 1. The second-order valence-electron chi connectivity index (χ2n) is 9.20. The van der Waals surface area contributed by atoms with Crippen molar-refractivity contribution in [1.29, 1.82) is 0 Å². The molecule has 0 bridgehead atoms.